The minimum atomic E-state index is -0.0669. The zero-order chi connectivity index (χ0) is 14.2. The topological polar surface area (TPSA) is 61.5 Å². The molecule has 1 atom stereocenters. The Hall–Kier alpha value is -1.07. The third-order valence-corrected chi connectivity index (χ3v) is 4.60. The van der Waals surface area contributed by atoms with Gasteiger partial charge in [-0.3, -0.25) is 4.79 Å². The van der Waals surface area contributed by atoms with Crippen LogP contribution in [-0.2, 0) is 5.41 Å². The lowest BCUT2D eigenvalue weighted by Gasteiger charge is -2.25. The van der Waals surface area contributed by atoms with Crippen LogP contribution in [0.1, 0.15) is 35.7 Å². The molecule has 19 heavy (non-hydrogen) atoms. The van der Waals surface area contributed by atoms with Crippen molar-refractivity contribution in [2.75, 3.05) is 14.2 Å². The standard InChI is InChI=1S/C14H18BrNO3/c1-8(16)14(4-5-14)10-6-11(15)9(7-17)12(18-2)13(10)19-3/h6-8H,4-5,16H2,1-3H3. The highest BCUT2D eigenvalue weighted by molar-refractivity contribution is 9.10. The van der Waals surface area contributed by atoms with Gasteiger partial charge in [0.1, 0.15) is 0 Å². The summed E-state index contributed by atoms with van der Waals surface area (Å²) in [6.45, 7) is 2.00. The van der Waals surface area contributed by atoms with E-state index in [0.29, 0.717) is 21.5 Å². The van der Waals surface area contributed by atoms with Crippen LogP contribution in [0.2, 0.25) is 0 Å². The number of aldehydes is 1. The molecule has 0 spiro atoms. The third kappa shape index (κ3) is 2.15. The quantitative estimate of drug-likeness (QED) is 0.844. The smallest absolute Gasteiger partial charge is 0.172 e. The first-order valence-electron chi connectivity index (χ1n) is 6.17. The van der Waals surface area contributed by atoms with Crippen LogP contribution in [0, 0.1) is 0 Å². The zero-order valence-electron chi connectivity index (χ0n) is 11.3. The molecule has 1 aromatic rings. The van der Waals surface area contributed by atoms with E-state index < -0.39 is 0 Å². The van der Waals surface area contributed by atoms with Gasteiger partial charge >= 0.3 is 0 Å². The zero-order valence-corrected chi connectivity index (χ0v) is 12.9. The van der Waals surface area contributed by atoms with Crippen molar-refractivity contribution in [1.29, 1.82) is 0 Å². The van der Waals surface area contributed by atoms with Crippen LogP contribution in [0.4, 0.5) is 0 Å². The Balaban J connectivity index is 2.69. The highest BCUT2D eigenvalue weighted by atomic mass is 79.9. The Morgan fingerprint density at radius 2 is 1.95 bits per heavy atom. The number of methoxy groups -OCH3 is 2. The van der Waals surface area contributed by atoms with Crippen molar-refractivity contribution in [3.63, 3.8) is 0 Å². The van der Waals surface area contributed by atoms with Gasteiger partial charge in [0, 0.05) is 21.5 Å². The van der Waals surface area contributed by atoms with Crippen molar-refractivity contribution in [2.45, 2.75) is 31.2 Å². The molecule has 2 N–H and O–H groups in total. The summed E-state index contributed by atoms with van der Waals surface area (Å²) < 4.78 is 11.5. The average molecular weight is 328 g/mol. The number of carbonyl (C=O) groups is 1. The van der Waals surface area contributed by atoms with Crippen LogP contribution in [0.25, 0.3) is 0 Å². The molecule has 1 aromatic carbocycles. The molecule has 1 unspecified atom stereocenters. The summed E-state index contributed by atoms with van der Waals surface area (Å²) in [4.78, 5) is 11.2. The fourth-order valence-electron chi connectivity index (χ4n) is 2.61. The Bertz CT molecular complexity index is 510. The predicted octanol–water partition coefficient (Wildman–Crippen LogP) is 2.66. The van der Waals surface area contributed by atoms with Gasteiger partial charge < -0.3 is 15.2 Å². The molecule has 104 valence electrons. The number of nitrogens with two attached hydrogens (primary N) is 1. The second-order valence-electron chi connectivity index (χ2n) is 4.95. The summed E-state index contributed by atoms with van der Waals surface area (Å²) in [5.74, 6) is 1.08. The lowest BCUT2D eigenvalue weighted by molar-refractivity contribution is 0.111. The van der Waals surface area contributed by atoms with Crippen LogP contribution < -0.4 is 15.2 Å². The molecule has 5 heteroatoms. The molecule has 0 saturated heterocycles. The second kappa shape index (κ2) is 5.13. The van der Waals surface area contributed by atoms with E-state index in [9.17, 15) is 4.79 Å². The van der Waals surface area contributed by atoms with Gasteiger partial charge in [-0.2, -0.15) is 0 Å². The normalized spacial score (nSPS) is 17.7. The van der Waals surface area contributed by atoms with Crippen LogP contribution in [0.5, 0.6) is 11.5 Å². The molecule has 0 amide bonds. The van der Waals surface area contributed by atoms with E-state index in [-0.39, 0.29) is 11.5 Å². The maximum Gasteiger partial charge on any atom is 0.172 e. The lowest BCUT2D eigenvalue weighted by Crippen LogP contribution is -2.32. The first-order valence-corrected chi connectivity index (χ1v) is 6.96. The average Bonchev–Trinajstić information content (AvgIpc) is 3.18. The van der Waals surface area contributed by atoms with Crippen molar-refractivity contribution >= 4 is 22.2 Å². The monoisotopic (exact) mass is 327 g/mol. The van der Waals surface area contributed by atoms with Gasteiger partial charge in [-0.05, 0) is 41.8 Å². The molecular weight excluding hydrogens is 310 g/mol. The SMILES string of the molecule is COc1c(C2(C(C)N)CC2)cc(Br)c(C=O)c1OC. The maximum atomic E-state index is 11.2. The molecule has 1 saturated carbocycles. The first kappa shape index (κ1) is 14.3. The van der Waals surface area contributed by atoms with Crippen molar-refractivity contribution < 1.29 is 14.3 Å². The molecule has 4 nitrogen and oxygen atoms in total. The van der Waals surface area contributed by atoms with Crippen LogP contribution in [0.3, 0.4) is 0 Å². The molecular formula is C14H18BrNO3. The Labute approximate surface area is 121 Å². The van der Waals surface area contributed by atoms with E-state index in [0.717, 1.165) is 24.7 Å². The predicted molar refractivity (Wildman–Crippen MR) is 77.2 cm³/mol. The summed E-state index contributed by atoms with van der Waals surface area (Å²) in [7, 11) is 3.12. The molecule has 0 bridgehead atoms. The minimum absolute atomic E-state index is 0.0279. The molecule has 1 aliphatic carbocycles. The van der Waals surface area contributed by atoms with E-state index in [1.807, 2.05) is 13.0 Å². The van der Waals surface area contributed by atoms with E-state index in [2.05, 4.69) is 15.9 Å². The van der Waals surface area contributed by atoms with Gasteiger partial charge in [-0.25, -0.2) is 0 Å². The van der Waals surface area contributed by atoms with E-state index >= 15 is 0 Å². The van der Waals surface area contributed by atoms with Crippen LogP contribution >= 0.6 is 15.9 Å². The van der Waals surface area contributed by atoms with Gasteiger partial charge in [-0.1, -0.05) is 0 Å². The Kier molecular flexibility index (Phi) is 3.87. The van der Waals surface area contributed by atoms with Crippen molar-refractivity contribution in [2.24, 2.45) is 5.73 Å². The van der Waals surface area contributed by atoms with Crippen molar-refractivity contribution in [1.82, 2.24) is 0 Å². The maximum absolute atomic E-state index is 11.2. The van der Waals surface area contributed by atoms with Crippen molar-refractivity contribution in [3.05, 3.63) is 21.7 Å². The number of ether oxygens (including phenoxy) is 2. The Morgan fingerprint density at radius 1 is 1.37 bits per heavy atom. The van der Waals surface area contributed by atoms with Crippen LogP contribution in [0.15, 0.2) is 10.5 Å². The van der Waals surface area contributed by atoms with Crippen LogP contribution in [-0.4, -0.2) is 26.5 Å². The number of hydrogen-bond acceptors (Lipinski definition) is 4. The summed E-state index contributed by atoms with van der Waals surface area (Å²) >= 11 is 3.42. The lowest BCUT2D eigenvalue weighted by atomic mass is 9.87. The summed E-state index contributed by atoms with van der Waals surface area (Å²) in [6.07, 6.45) is 2.81. The fourth-order valence-corrected chi connectivity index (χ4v) is 3.12. The number of carbonyl (C=O) groups excluding carboxylic acids is 1. The van der Waals surface area contributed by atoms with E-state index in [1.165, 1.54) is 7.11 Å². The number of halogens is 1. The fraction of sp³-hybridized carbons (Fsp3) is 0.500. The summed E-state index contributed by atoms with van der Waals surface area (Å²) in [6, 6.07) is 1.96. The third-order valence-electron chi connectivity index (χ3n) is 3.95. The number of hydrogen-bond donors (Lipinski definition) is 1. The highest BCUT2D eigenvalue weighted by Gasteiger charge is 2.50. The molecule has 0 aliphatic heterocycles. The summed E-state index contributed by atoms with van der Waals surface area (Å²) in [5.41, 5.74) is 7.53. The van der Waals surface area contributed by atoms with E-state index in [1.54, 1.807) is 7.11 Å². The van der Waals surface area contributed by atoms with E-state index in [4.69, 9.17) is 15.2 Å². The van der Waals surface area contributed by atoms with Gasteiger partial charge in [0.25, 0.3) is 0 Å². The minimum Gasteiger partial charge on any atom is -0.493 e. The second-order valence-corrected chi connectivity index (χ2v) is 5.80. The number of rotatable bonds is 5. The largest absolute Gasteiger partial charge is 0.493 e. The summed E-state index contributed by atoms with van der Waals surface area (Å²) in [5, 5.41) is 0. The molecule has 1 aliphatic rings. The number of benzene rings is 1. The van der Waals surface area contributed by atoms with Gasteiger partial charge in [-0.15, -0.1) is 0 Å². The highest BCUT2D eigenvalue weighted by Crippen LogP contribution is 2.56. The first-order chi connectivity index (χ1) is 9.01. The molecule has 0 radical (unpaired) electrons. The van der Waals surface area contributed by atoms with Gasteiger partial charge in [0.2, 0.25) is 0 Å². The van der Waals surface area contributed by atoms with Gasteiger partial charge in [0.15, 0.2) is 17.8 Å². The molecule has 0 heterocycles. The molecule has 1 fully saturated rings. The van der Waals surface area contributed by atoms with Crippen molar-refractivity contribution in [3.8, 4) is 11.5 Å². The molecule has 0 aromatic heterocycles. The van der Waals surface area contributed by atoms with Gasteiger partial charge in [0.05, 0.1) is 19.8 Å². The Morgan fingerprint density at radius 3 is 2.32 bits per heavy atom. The molecule has 2 rings (SSSR count).